The van der Waals surface area contributed by atoms with Crippen molar-refractivity contribution in [3.63, 3.8) is 0 Å². The van der Waals surface area contributed by atoms with E-state index in [-0.39, 0.29) is 10.8 Å². The molecule has 1 heterocycles. The number of carbonyl (C=O) groups is 1. The third-order valence-corrected chi connectivity index (χ3v) is 4.63. The Kier molecular flexibility index (Phi) is 6.20. The van der Waals surface area contributed by atoms with E-state index in [1.54, 1.807) is 6.92 Å². The van der Waals surface area contributed by atoms with Crippen LogP contribution in [0.1, 0.15) is 6.92 Å². The summed E-state index contributed by atoms with van der Waals surface area (Å²) in [6, 6.07) is 7.76. The van der Waals surface area contributed by atoms with Crippen molar-refractivity contribution in [3.05, 3.63) is 54.1 Å². The number of alkyl halides is 3. The van der Waals surface area contributed by atoms with E-state index < -0.39 is 34.9 Å². The smallest absolute Gasteiger partial charge is 0.406 e. The third kappa shape index (κ3) is 5.43. The number of benzene rings is 2. The summed E-state index contributed by atoms with van der Waals surface area (Å²) in [6.45, 7) is 1.54. The molecule has 0 radical (unpaired) electrons. The second kappa shape index (κ2) is 8.65. The van der Waals surface area contributed by atoms with Crippen LogP contribution in [-0.4, -0.2) is 37.7 Å². The van der Waals surface area contributed by atoms with Gasteiger partial charge >= 0.3 is 6.36 Å². The van der Waals surface area contributed by atoms with Crippen molar-refractivity contribution in [2.45, 2.75) is 23.7 Å². The van der Waals surface area contributed by atoms with Gasteiger partial charge in [-0.05, 0) is 53.7 Å². The van der Waals surface area contributed by atoms with Gasteiger partial charge in [0.1, 0.15) is 5.75 Å². The molecule has 30 heavy (non-hydrogen) atoms. The number of hydrogen-bond donors (Lipinski definition) is 1. The zero-order valence-corrected chi connectivity index (χ0v) is 15.8. The van der Waals surface area contributed by atoms with Crippen LogP contribution in [0.4, 0.5) is 27.6 Å². The van der Waals surface area contributed by atoms with Gasteiger partial charge in [0.15, 0.2) is 11.6 Å². The molecule has 1 unspecified atom stereocenters. The lowest BCUT2D eigenvalue weighted by Crippen LogP contribution is -2.23. The van der Waals surface area contributed by atoms with Gasteiger partial charge in [0.25, 0.3) is 0 Å². The molecule has 0 fully saturated rings. The molecule has 1 atom stereocenters. The van der Waals surface area contributed by atoms with Gasteiger partial charge in [-0.2, -0.15) is 4.68 Å². The van der Waals surface area contributed by atoms with E-state index in [1.165, 1.54) is 22.9 Å². The molecular formula is C17H12F5N5O2S. The lowest BCUT2D eigenvalue weighted by Gasteiger charge is -2.12. The first-order valence-corrected chi connectivity index (χ1v) is 9.07. The number of nitrogens with zero attached hydrogens (tertiary/aromatic N) is 4. The van der Waals surface area contributed by atoms with E-state index >= 15 is 0 Å². The lowest BCUT2D eigenvalue weighted by atomic mass is 10.3. The van der Waals surface area contributed by atoms with Crippen molar-refractivity contribution in [3.8, 4) is 11.4 Å². The fraction of sp³-hybridized carbons (Fsp3) is 0.176. The molecule has 0 saturated carbocycles. The van der Waals surface area contributed by atoms with Gasteiger partial charge in [-0.25, -0.2) is 8.78 Å². The van der Waals surface area contributed by atoms with Crippen molar-refractivity contribution in [1.82, 2.24) is 20.2 Å². The Bertz CT molecular complexity index is 1040. The molecule has 2 aromatic carbocycles. The van der Waals surface area contributed by atoms with Crippen LogP contribution in [0, 0.1) is 11.6 Å². The van der Waals surface area contributed by atoms with Crippen LogP contribution in [0.25, 0.3) is 5.69 Å². The number of anilines is 1. The molecule has 0 bridgehead atoms. The van der Waals surface area contributed by atoms with Crippen LogP contribution in [0.5, 0.6) is 5.75 Å². The number of tetrazole rings is 1. The van der Waals surface area contributed by atoms with Crippen molar-refractivity contribution in [1.29, 1.82) is 0 Å². The summed E-state index contributed by atoms with van der Waals surface area (Å²) in [7, 11) is 0. The molecule has 1 N–H and O–H groups in total. The third-order valence-electron chi connectivity index (χ3n) is 3.59. The van der Waals surface area contributed by atoms with Crippen LogP contribution in [0.15, 0.2) is 47.6 Å². The fourth-order valence-electron chi connectivity index (χ4n) is 2.23. The largest absolute Gasteiger partial charge is 0.573 e. The van der Waals surface area contributed by atoms with E-state index in [4.69, 9.17) is 0 Å². The Hall–Kier alpha value is -3.22. The van der Waals surface area contributed by atoms with Gasteiger partial charge in [0, 0.05) is 11.8 Å². The molecule has 1 amide bonds. The van der Waals surface area contributed by atoms with Gasteiger partial charge in [0.2, 0.25) is 11.1 Å². The molecular weight excluding hydrogens is 433 g/mol. The molecule has 0 aliphatic rings. The summed E-state index contributed by atoms with van der Waals surface area (Å²) in [5.74, 6) is -3.07. The predicted octanol–water partition coefficient (Wildman–Crippen LogP) is 3.96. The van der Waals surface area contributed by atoms with Crippen molar-refractivity contribution in [2.75, 3.05) is 5.32 Å². The summed E-state index contributed by atoms with van der Waals surface area (Å²) in [5, 5.41) is 12.9. The first kappa shape index (κ1) is 21.5. The van der Waals surface area contributed by atoms with Gasteiger partial charge in [-0.15, -0.1) is 18.3 Å². The Labute approximate surface area is 170 Å². The topological polar surface area (TPSA) is 81.9 Å². The number of thioether (sulfide) groups is 1. The SMILES string of the molecule is CC(Sc1nnnn1-c1ccc(OC(F)(F)F)cc1)C(=O)Nc1ccc(F)c(F)c1. The highest BCUT2D eigenvalue weighted by Gasteiger charge is 2.31. The number of ether oxygens (including phenoxy) is 1. The lowest BCUT2D eigenvalue weighted by molar-refractivity contribution is -0.274. The van der Waals surface area contributed by atoms with Crippen molar-refractivity contribution < 1.29 is 31.5 Å². The number of amides is 1. The summed E-state index contributed by atoms with van der Waals surface area (Å²) >= 11 is 0.956. The molecule has 1 aromatic heterocycles. The first-order chi connectivity index (χ1) is 14.1. The normalized spacial score (nSPS) is 12.5. The number of halogens is 5. The zero-order chi connectivity index (χ0) is 21.9. The number of nitrogens with one attached hydrogen (secondary N) is 1. The van der Waals surface area contributed by atoms with E-state index in [0.29, 0.717) is 5.69 Å². The second-order valence-corrected chi connectivity index (χ2v) is 7.10. The fourth-order valence-corrected chi connectivity index (χ4v) is 3.04. The maximum atomic E-state index is 13.3. The van der Waals surface area contributed by atoms with Crippen LogP contribution in [0.2, 0.25) is 0 Å². The van der Waals surface area contributed by atoms with E-state index in [0.717, 1.165) is 36.0 Å². The molecule has 13 heteroatoms. The summed E-state index contributed by atoms with van der Waals surface area (Å²) in [5.41, 5.74) is 0.413. The minimum atomic E-state index is -4.81. The number of rotatable bonds is 6. The van der Waals surface area contributed by atoms with Crippen LogP contribution in [-0.2, 0) is 4.79 Å². The highest BCUT2D eigenvalue weighted by atomic mass is 32.2. The summed E-state index contributed by atoms with van der Waals surface area (Å²) in [4.78, 5) is 12.3. The molecule has 3 aromatic rings. The van der Waals surface area contributed by atoms with E-state index in [1.807, 2.05) is 0 Å². The molecule has 0 aliphatic heterocycles. The molecule has 0 saturated heterocycles. The monoisotopic (exact) mass is 445 g/mol. The molecule has 7 nitrogen and oxygen atoms in total. The Morgan fingerprint density at radius 3 is 2.47 bits per heavy atom. The Morgan fingerprint density at radius 1 is 1.13 bits per heavy atom. The molecule has 0 spiro atoms. The van der Waals surface area contributed by atoms with Crippen molar-refractivity contribution >= 4 is 23.4 Å². The second-order valence-electron chi connectivity index (χ2n) is 5.79. The number of carbonyl (C=O) groups excluding carboxylic acids is 1. The molecule has 0 aliphatic carbocycles. The maximum Gasteiger partial charge on any atom is 0.573 e. The molecule has 158 valence electrons. The summed E-state index contributed by atoms with van der Waals surface area (Å²) in [6.07, 6.45) is -4.81. The predicted molar refractivity (Wildman–Crippen MR) is 96.1 cm³/mol. The van der Waals surface area contributed by atoms with Crippen LogP contribution in [0.3, 0.4) is 0 Å². The van der Waals surface area contributed by atoms with Gasteiger partial charge in [-0.3, -0.25) is 4.79 Å². The van der Waals surface area contributed by atoms with E-state index in [9.17, 15) is 26.7 Å². The van der Waals surface area contributed by atoms with Crippen LogP contribution < -0.4 is 10.1 Å². The highest BCUT2D eigenvalue weighted by molar-refractivity contribution is 8.00. The average molecular weight is 445 g/mol. The zero-order valence-electron chi connectivity index (χ0n) is 15.0. The quantitative estimate of drug-likeness (QED) is 0.457. The minimum Gasteiger partial charge on any atom is -0.406 e. The van der Waals surface area contributed by atoms with Gasteiger partial charge in [-0.1, -0.05) is 11.8 Å². The highest BCUT2D eigenvalue weighted by Crippen LogP contribution is 2.27. The number of hydrogen-bond acceptors (Lipinski definition) is 6. The number of aromatic nitrogens is 4. The average Bonchev–Trinajstić information content (AvgIpc) is 3.12. The van der Waals surface area contributed by atoms with Gasteiger partial charge in [0.05, 0.1) is 10.9 Å². The van der Waals surface area contributed by atoms with E-state index in [2.05, 4.69) is 25.6 Å². The molecule has 3 rings (SSSR count). The first-order valence-electron chi connectivity index (χ1n) is 8.19. The van der Waals surface area contributed by atoms with Crippen molar-refractivity contribution in [2.24, 2.45) is 0 Å². The maximum absolute atomic E-state index is 13.3. The Balaban J connectivity index is 1.68. The Morgan fingerprint density at radius 2 is 1.83 bits per heavy atom. The standard InChI is InChI=1S/C17H12F5N5O2S/c1-9(15(28)23-10-2-7-13(18)14(19)8-10)30-16-24-25-26-27(16)11-3-5-12(6-4-11)29-17(20,21)22/h2-9H,1H3,(H,23,28). The minimum absolute atomic E-state index is 0.0752. The summed E-state index contributed by atoms with van der Waals surface area (Å²) < 4.78 is 68.0. The van der Waals surface area contributed by atoms with Gasteiger partial charge < -0.3 is 10.1 Å². The van der Waals surface area contributed by atoms with Crippen LogP contribution >= 0.6 is 11.8 Å².